The maximum absolute atomic E-state index is 8.60. The van der Waals surface area contributed by atoms with Gasteiger partial charge in [0.15, 0.2) is 0 Å². The molecule has 0 amide bonds. The zero-order chi connectivity index (χ0) is 21.8. The summed E-state index contributed by atoms with van der Waals surface area (Å²) >= 11 is 0. The van der Waals surface area contributed by atoms with Gasteiger partial charge in [-0.05, 0) is 46.7 Å². The first-order chi connectivity index (χ1) is 14.4. The zero-order valence-corrected chi connectivity index (χ0v) is 18.8. The summed E-state index contributed by atoms with van der Waals surface area (Å²) in [5, 5.41) is 8.60. The Labute approximate surface area is 180 Å². The van der Waals surface area contributed by atoms with E-state index in [1.54, 1.807) is 0 Å². The summed E-state index contributed by atoms with van der Waals surface area (Å²) in [7, 11) is 0. The molecule has 0 bridgehead atoms. The van der Waals surface area contributed by atoms with E-state index in [0.29, 0.717) is 46.2 Å². The van der Waals surface area contributed by atoms with E-state index in [0.717, 1.165) is 11.3 Å². The SMILES string of the molecule is Cc1cc(OCCOCCOCCOCCO)cc(-c2ccc(C(C)(C)C)cc2)c1. The predicted molar refractivity (Wildman–Crippen MR) is 120 cm³/mol. The molecule has 0 radical (unpaired) electrons. The fourth-order valence-electron chi connectivity index (χ4n) is 2.99. The van der Waals surface area contributed by atoms with Crippen LogP contribution >= 0.6 is 0 Å². The van der Waals surface area contributed by atoms with Crippen molar-refractivity contribution in [2.75, 3.05) is 52.9 Å². The topological polar surface area (TPSA) is 57.2 Å². The third kappa shape index (κ3) is 8.84. The molecule has 0 spiro atoms. The average molecular weight is 417 g/mol. The van der Waals surface area contributed by atoms with Crippen molar-refractivity contribution >= 4 is 0 Å². The van der Waals surface area contributed by atoms with E-state index in [1.807, 2.05) is 6.07 Å². The van der Waals surface area contributed by atoms with Crippen molar-refractivity contribution in [1.82, 2.24) is 0 Å². The molecule has 1 N–H and O–H groups in total. The number of aryl methyl sites for hydroxylation is 1. The molecule has 0 saturated carbocycles. The van der Waals surface area contributed by atoms with Crippen LogP contribution in [0.3, 0.4) is 0 Å². The first kappa shape index (κ1) is 24.4. The van der Waals surface area contributed by atoms with Gasteiger partial charge in [0.05, 0.1) is 46.2 Å². The van der Waals surface area contributed by atoms with E-state index in [4.69, 9.17) is 24.1 Å². The average Bonchev–Trinajstić information content (AvgIpc) is 2.71. The quantitative estimate of drug-likeness (QED) is 0.491. The van der Waals surface area contributed by atoms with Crippen LogP contribution in [0, 0.1) is 6.92 Å². The first-order valence-corrected chi connectivity index (χ1v) is 10.6. The zero-order valence-electron chi connectivity index (χ0n) is 18.8. The second-order valence-corrected chi connectivity index (χ2v) is 8.27. The van der Waals surface area contributed by atoms with Gasteiger partial charge < -0.3 is 24.1 Å². The van der Waals surface area contributed by atoms with Gasteiger partial charge in [-0.15, -0.1) is 0 Å². The lowest BCUT2D eigenvalue weighted by molar-refractivity contribution is 0.00361. The molecule has 0 unspecified atom stereocenters. The molecule has 0 aliphatic heterocycles. The maximum Gasteiger partial charge on any atom is 0.120 e. The van der Waals surface area contributed by atoms with Crippen molar-refractivity contribution in [3.05, 3.63) is 53.6 Å². The number of hydrogen-bond donors (Lipinski definition) is 1. The van der Waals surface area contributed by atoms with E-state index in [-0.39, 0.29) is 12.0 Å². The Bertz CT molecular complexity index is 734. The minimum atomic E-state index is 0.0367. The lowest BCUT2D eigenvalue weighted by atomic mass is 9.86. The molecular weight excluding hydrogens is 380 g/mol. The number of aliphatic hydroxyl groups is 1. The lowest BCUT2D eigenvalue weighted by Gasteiger charge is -2.19. The van der Waals surface area contributed by atoms with Gasteiger partial charge in [-0.1, -0.05) is 51.1 Å². The first-order valence-electron chi connectivity index (χ1n) is 10.6. The monoisotopic (exact) mass is 416 g/mol. The minimum absolute atomic E-state index is 0.0367. The largest absolute Gasteiger partial charge is 0.491 e. The van der Waals surface area contributed by atoms with Crippen molar-refractivity contribution in [3.8, 4) is 16.9 Å². The third-order valence-electron chi connectivity index (χ3n) is 4.61. The maximum atomic E-state index is 8.60. The summed E-state index contributed by atoms with van der Waals surface area (Å²) in [5.74, 6) is 0.853. The predicted octanol–water partition coefficient (Wildman–Crippen LogP) is 4.38. The van der Waals surface area contributed by atoms with Gasteiger partial charge in [-0.2, -0.15) is 0 Å². The molecule has 0 aliphatic carbocycles. The molecule has 5 heteroatoms. The van der Waals surface area contributed by atoms with Crippen molar-refractivity contribution in [3.63, 3.8) is 0 Å². The highest BCUT2D eigenvalue weighted by atomic mass is 16.6. The van der Waals surface area contributed by atoms with Gasteiger partial charge in [0, 0.05) is 0 Å². The highest BCUT2D eigenvalue weighted by molar-refractivity contribution is 5.66. The van der Waals surface area contributed by atoms with Gasteiger partial charge in [0.25, 0.3) is 0 Å². The summed E-state index contributed by atoms with van der Waals surface area (Å²) in [6.07, 6.45) is 0. The molecule has 0 heterocycles. The van der Waals surface area contributed by atoms with E-state index in [1.165, 1.54) is 16.7 Å². The summed E-state index contributed by atoms with van der Waals surface area (Å²) in [4.78, 5) is 0. The summed E-state index contributed by atoms with van der Waals surface area (Å²) < 4.78 is 21.9. The molecule has 5 nitrogen and oxygen atoms in total. The molecule has 0 saturated heterocycles. The lowest BCUT2D eigenvalue weighted by Crippen LogP contribution is -2.13. The highest BCUT2D eigenvalue weighted by Crippen LogP contribution is 2.29. The van der Waals surface area contributed by atoms with Crippen LogP contribution < -0.4 is 4.74 Å². The van der Waals surface area contributed by atoms with Crippen molar-refractivity contribution in [1.29, 1.82) is 0 Å². The van der Waals surface area contributed by atoms with Crippen LogP contribution in [0.15, 0.2) is 42.5 Å². The number of benzene rings is 2. The van der Waals surface area contributed by atoms with Crippen LogP contribution in [0.25, 0.3) is 11.1 Å². The molecule has 2 aromatic carbocycles. The highest BCUT2D eigenvalue weighted by Gasteiger charge is 2.13. The Morgan fingerprint density at radius 3 is 1.83 bits per heavy atom. The van der Waals surface area contributed by atoms with Crippen LogP contribution in [-0.2, 0) is 19.6 Å². The van der Waals surface area contributed by atoms with Gasteiger partial charge in [-0.3, -0.25) is 0 Å². The number of aliphatic hydroxyl groups excluding tert-OH is 1. The van der Waals surface area contributed by atoms with E-state index >= 15 is 0 Å². The van der Waals surface area contributed by atoms with Gasteiger partial charge in [0.2, 0.25) is 0 Å². The van der Waals surface area contributed by atoms with Crippen molar-refractivity contribution < 1.29 is 24.1 Å². The molecule has 2 rings (SSSR count). The van der Waals surface area contributed by atoms with Gasteiger partial charge >= 0.3 is 0 Å². The van der Waals surface area contributed by atoms with Crippen LogP contribution in [-0.4, -0.2) is 58.0 Å². The van der Waals surface area contributed by atoms with Crippen LogP contribution in [0.4, 0.5) is 0 Å². The minimum Gasteiger partial charge on any atom is -0.491 e. The fourth-order valence-corrected chi connectivity index (χ4v) is 2.99. The number of hydrogen-bond acceptors (Lipinski definition) is 5. The summed E-state index contributed by atoms with van der Waals surface area (Å²) in [6.45, 7) is 12.2. The Morgan fingerprint density at radius 1 is 0.700 bits per heavy atom. The summed E-state index contributed by atoms with van der Waals surface area (Å²) in [6, 6.07) is 15.1. The van der Waals surface area contributed by atoms with Crippen LogP contribution in [0.5, 0.6) is 5.75 Å². The molecule has 0 aliphatic rings. The Hall–Kier alpha value is -1.92. The van der Waals surface area contributed by atoms with Gasteiger partial charge in [-0.25, -0.2) is 0 Å². The third-order valence-corrected chi connectivity index (χ3v) is 4.61. The number of rotatable bonds is 13. The summed E-state index contributed by atoms with van der Waals surface area (Å²) in [5.41, 5.74) is 4.99. The second kappa shape index (κ2) is 12.7. The standard InChI is InChI=1S/C25H36O5/c1-20-17-22(21-5-7-23(8-6-21)25(2,3)4)19-24(18-20)30-16-15-29-14-13-28-12-11-27-10-9-26/h5-8,17-19,26H,9-16H2,1-4H3. The molecular formula is C25H36O5. The molecule has 2 aromatic rings. The Morgan fingerprint density at radius 2 is 1.27 bits per heavy atom. The molecule has 0 fully saturated rings. The smallest absolute Gasteiger partial charge is 0.120 e. The Kier molecular flexibility index (Phi) is 10.3. The van der Waals surface area contributed by atoms with Crippen molar-refractivity contribution in [2.24, 2.45) is 0 Å². The van der Waals surface area contributed by atoms with E-state index in [9.17, 15) is 0 Å². The second-order valence-electron chi connectivity index (χ2n) is 8.27. The fraction of sp³-hybridized carbons (Fsp3) is 0.520. The van der Waals surface area contributed by atoms with E-state index < -0.39 is 0 Å². The van der Waals surface area contributed by atoms with Crippen molar-refractivity contribution in [2.45, 2.75) is 33.1 Å². The van der Waals surface area contributed by atoms with Crippen LogP contribution in [0.1, 0.15) is 31.9 Å². The molecule has 0 atom stereocenters. The van der Waals surface area contributed by atoms with E-state index in [2.05, 4.69) is 64.1 Å². The van der Waals surface area contributed by atoms with Crippen LogP contribution in [0.2, 0.25) is 0 Å². The van der Waals surface area contributed by atoms with Gasteiger partial charge in [0.1, 0.15) is 12.4 Å². The molecule has 166 valence electrons. The molecule has 0 aromatic heterocycles. The number of ether oxygens (including phenoxy) is 4. The Balaban J connectivity index is 1.74. The normalized spacial score (nSPS) is 11.6. The molecule has 30 heavy (non-hydrogen) atoms.